The smallest absolute Gasteiger partial charge is 0.337 e. The maximum absolute atomic E-state index is 12.4. The molecular formula is C27H27ClN2O3. The summed E-state index contributed by atoms with van der Waals surface area (Å²) >= 11 is 6.15. The van der Waals surface area contributed by atoms with Crippen molar-refractivity contribution in [2.75, 3.05) is 0 Å². The first-order valence-corrected chi connectivity index (χ1v) is 11.1. The van der Waals surface area contributed by atoms with Gasteiger partial charge >= 0.3 is 5.97 Å². The SMILES string of the molecule is Cc1cc2cc(-c3cn(C)cn3)ccc2c(-c2ccc(Cl)cc2)c1C(OC(C)(C)C)C(=O)O. The summed E-state index contributed by atoms with van der Waals surface area (Å²) in [4.78, 5) is 16.9. The van der Waals surface area contributed by atoms with Crippen LogP contribution in [0.25, 0.3) is 33.2 Å². The van der Waals surface area contributed by atoms with Gasteiger partial charge in [-0.3, -0.25) is 0 Å². The molecule has 4 aromatic rings. The molecule has 6 heteroatoms. The minimum atomic E-state index is -1.12. The van der Waals surface area contributed by atoms with Crippen molar-refractivity contribution in [3.05, 3.63) is 77.2 Å². The Labute approximate surface area is 198 Å². The number of aromatic nitrogens is 2. The molecule has 0 fully saturated rings. The molecule has 1 aromatic heterocycles. The Morgan fingerprint density at radius 1 is 1.09 bits per heavy atom. The fourth-order valence-electron chi connectivity index (χ4n) is 4.14. The maximum atomic E-state index is 12.4. The number of imidazole rings is 1. The van der Waals surface area contributed by atoms with Crippen LogP contribution in [0.2, 0.25) is 5.02 Å². The number of benzene rings is 3. The highest BCUT2D eigenvalue weighted by atomic mass is 35.5. The molecule has 0 amide bonds. The molecule has 0 saturated heterocycles. The lowest BCUT2D eigenvalue weighted by molar-refractivity contribution is -0.160. The fourth-order valence-corrected chi connectivity index (χ4v) is 4.26. The Bertz CT molecular complexity index is 1330. The minimum Gasteiger partial charge on any atom is -0.479 e. The third-order valence-electron chi connectivity index (χ3n) is 5.48. The van der Waals surface area contributed by atoms with Crippen LogP contribution in [0.3, 0.4) is 0 Å². The topological polar surface area (TPSA) is 64.4 Å². The van der Waals surface area contributed by atoms with Gasteiger partial charge in [0.2, 0.25) is 0 Å². The highest BCUT2D eigenvalue weighted by Crippen LogP contribution is 2.41. The average molecular weight is 463 g/mol. The number of carboxylic acid groups (broad SMARTS) is 1. The first-order valence-electron chi connectivity index (χ1n) is 10.8. The lowest BCUT2D eigenvalue weighted by Gasteiger charge is -2.28. The van der Waals surface area contributed by atoms with E-state index in [9.17, 15) is 9.90 Å². The van der Waals surface area contributed by atoms with E-state index >= 15 is 0 Å². The van der Waals surface area contributed by atoms with Gasteiger partial charge in [0.1, 0.15) is 0 Å². The number of aliphatic carboxylic acids is 1. The summed E-state index contributed by atoms with van der Waals surface area (Å²) in [6, 6.07) is 15.6. The second kappa shape index (κ2) is 8.65. The Morgan fingerprint density at radius 2 is 1.76 bits per heavy atom. The summed E-state index contributed by atoms with van der Waals surface area (Å²) in [7, 11) is 1.94. The number of carbonyl (C=O) groups is 1. The first kappa shape index (κ1) is 23.0. The molecule has 1 N–H and O–H groups in total. The van der Waals surface area contributed by atoms with Crippen molar-refractivity contribution in [3.8, 4) is 22.4 Å². The van der Waals surface area contributed by atoms with Gasteiger partial charge in [-0.25, -0.2) is 9.78 Å². The molecule has 1 heterocycles. The van der Waals surface area contributed by atoms with Crippen molar-refractivity contribution < 1.29 is 14.6 Å². The van der Waals surface area contributed by atoms with Gasteiger partial charge in [0, 0.05) is 29.4 Å². The predicted molar refractivity (Wildman–Crippen MR) is 133 cm³/mol. The number of ether oxygens (including phenoxy) is 1. The number of aryl methyl sites for hydroxylation is 2. The molecule has 4 rings (SSSR count). The average Bonchev–Trinajstić information content (AvgIpc) is 3.17. The molecule has 5 nitrogen and oxygen atoms in total. The standard InChI is InChI=1S/C27H27ClN2O3/c1-16-12-19-13-18(22-14-30(5)15-29-22)8-11-21(19)24(17-6-9-20(28)10-7-17)23(16)25(26(31)32)33-27(2,3)4/h6-15,25H,1-5H3,(H,31,32). The molecule has 33 heavy (non-hydrogen) atoms. The molecule has 0 bridgehead atoms. The van der Waals surface area contributed by atoms with Crippen LogP contribution in [0.5, 0.6) is 0 Å². The van der Waals surface area contributed by atoms with Gasteiger partial charge in [-0.1, -0.05) is 41.9 Å². The van der Waals surface area contributed by atoms with Crippen LogP contribution in [-0.2, 0) is 16.6 Å². The van der Waals surface area contributed by atoms with Crippen LogP contribution < -0.4 is 0 Å². The van der Waals surface area contributed by atoms with E-state index in [-0.39, 0.29) is 0 Å². The number of nitrogens with zero attached hydrogens (tertiary/aromatic N) is 2. The number of halogens is 1. The van der Waals surface area contributed by atoms with E-state index in [0.29, 0.717) is 10.6 Å². The van der Waals surface area contributed by atoms with E-state index in [0.717, 1.165) is 38.7 Å². The molecule has 0 spiro atoms. The van der Waals surface area contributed by atoms with Gasteiger partial charge in [-0.15, -0.1) is 0 Å². The number of carboxylic acids is 1. The van der Waals surface area contributed by atoms with E-state index in [1.807, 2.05) is 88.0 Å². The highest BCUT2D eigenvalue weighted by Gasteiger charge is 2.31. The van der Waals surface area contributed by atoms with Gasteiger partial charge in [-0.2, -0.15) is 0 Å². The van der Waals surface area contributed by atoms with Crippen molar-refractivity contribution in [3.63, 3.8) is 0 Å². The molecule has 1 atom stereocenters. The summed E-state index contributed by atoms with van der Waals surface area (Å²) in [5.74, 6) is -1.02. The highest BCUT2D eigenvalue weighted by molar-refractivity contribution is 6.30. The van der Waals surface area contributed by atoms with Crippen LogP contribution >= 0.6 is 11.6 Å². The summed E-state index contributed by atoms with van der Waals surface area (Å²) in [5.41, 5.74) is 4.47. The van der Waals surface area contributed by atoms with E-state index < -0.39 is 17.7 Å². The second-order valence-electron chi connectivity index (χ2n) is 9.30. The van der Waals surface area contributed by atoms with Gasteiger partial charge in [0.25, 0.3) is 0 Å². The molecule has 0 aliphatic heterocycles. The second-order valence-corrected chi connectivity index (χ2v) is 9.73. The Morgan fingerprint density at radius 3 is 2.33 bits per heavy atom. The van der Waals surface area contributed by atoms with Crippen molar-refractivity contribution in [2.45, 2.75) is 39.4 Å². The largest absolute Gasteiger partial charge is 0.479 e. The quantitative estimate of drug-likeness (QED) is 0.354. The van der Waals surface area contributed by atoms with E-state index in [4.69, 9.17) is 16.3 Å². The normalized spacial score (nSPS) is 12.8. The van der Waals surface area contributed by atoms with Gasteiger partial charge in [-0.05, 0) is 73.4 Å². The predicted octanol–water partition coefficient (Wildman–Crippen LogP) is 6.81. The molecular weight excluding hydrogens is 436 g/mol. The monoisotopic (exact) mass is 462 g/mol. The fraction of sp³-hybridized carbons (Fsp3) is 0.259. The number of rotatable bonds is 5. The summed E-state index contributed by atoms with van der Waals surface area (Å²) in [6.45, 7) is 7.52. The zero-order valence-electron chi connectivity index (χ0n) is 19.4. The molecule has 170 valence electrons. The van der Waals surface area contributed by atoms with Gasteiger partial charge in [0.05, 0.1) is 17.6 Å². The Balaban J connectivity index is 2.02. The Hall–Kier alpha value is -3.15. The molecule has 0 radical (unpaired) electrons. The first-order chi connectivity index (χ1) is 15.5. The van der Waals surface area contributed by atoms with Crippen molar-refractivity contribution in [2.24, 2.45) is 7.05 Å². The Kier molecular flexibility index (Phi) is 6.04. The van der Waals surface area contributed by atoms with Crippen LogP contribution in [0.1, 0.15) is 38.0 Å². The van der Waals surface area contributed by atoms with Crippen molar-refractivity contribution in [1.29, 1.82) is 0 Å². The molecule has 1 unspecified atom stereocenters. The summed E-state index contributed by atoms with van der Waals surface area (Å²) in [6.07, 6.45) is 2.63. The van der Waals surface area contributed by atoms with Crippen LogP contribution in [0, 0.1) is 6.92 Å². The molecule has 0 aliphatic carbocycles. The van der Waals surface area contributed by atoms with Gasteiger partial charge < -0.3 is 14.4 Å². The summed E-state index contributed by atoms with van der Waals surface area (Å²) < 4.78 is 7.97. The molecule has 0 aliphatic rings. The summed E-state index contributed by atoms with van der Waals surface area (Å²) in [5, 5.41) is 12.7. The minimum absolute atomic E-state index is 0.621. The number of hydrogen-bond acceptors (Lipinski definition) is 3. The zero-order valence-corrected chi connectivity index (χ0v) is 20.1. The van der Waals surface area contributed by atoms with Gasteiger partial charge in [0.15, 0.2) is 6.10 Å². The maximum Gasteiger partial charge on any atom is 0.337 e. The van der Waals surface area contributed by atoms with Crippen LogP contribution in [-0.4, -0.2) is 26.2 Å². The third-order valence-corrected chi connectivity index (χ3v) is 5.73. The van der Waals surface area contributed by atoms with E-state index in [1.165, 1.54) is 0 Å². The van der Waals surface area contributed by atoms with E-state index in [1.54, 1.807) is 6.33 Å². The molecule has 3 aromatic carbocycles. The molecule has 0 saturated carbocycles. The number of fused-ring (bicyclic) bond motifs is 1. The lowest BCUT2D eigenvalue weighted by Crippen LogP contribution is -2.28. The van der Waals surface area contributed by atoms with E-state index in [2.05, 4.69) is 11.1 Å². The zero-order chi connectivity index (χ0) is 23.9. The third kappa shape index (κ3) is 4.80. The van der Waals surface area contributed by atoms with Crippen LogP contribution in [0.4, 0.5) is 0 Å². The van der Waals surface area contributed by atoms with Crippen molar-refractivity contribution in [1.82, 2.24) is 9.55 Å². The van der Waals surface area contributed by atoms with Crippen molar-refractivity contribution >= 4 is 28.3 Å². The lowest BCUT2D eigenvalue weighted by atomic mass is 9.86. The number of hydrogen-bond donors (Lipinski definition) is 1. The van der Waals surface area contributed by atoms with Crippen LogP contribution in [0.15, 0.2) is 61.1 Å².